The van der Waals surface area contributed by atoms with Crippen LogP contribution in [0.25, 0.3) is 11.5 Å². The largest absolute Gasteiger partial charge is 0.466 e. The summed E-state index contributed by atoms with van der Waals surface area (Å²) in [5, 5.41) is 8.87. The van der Waals surface area contributed by atoms with Crippen LogP contribution in [-0.2, 0) is 16.1 Å². The van der Waals surface area contributed by atoms with Gasteiger partial charge in [-0.05, 0) is 57.1 Å². The molecular weight excluding hydrogens is 330 g/mol. The van der Waals surface area contributed by atoms with E-state index in [0.717, 1.165) is 31.5 Å². The summed E-state index contributed by atoms with van der Waals surface area (Å²) in [6, 6.07) is 7.29. The summed E-state index contributed by atoms with van der Waals surface area (Å²) >= 11 is 5.88. The van der Waals surface area contributed by atoms with Crippen LogP contribution in [-0.4, -0.2) is 40.8 Å². The van der Waals surface area contributed by atoms with Gasteiger partial charge in [0.15, 0.2) is 0 Å². The molecule has 3 rings (SSSR count). The Morgan fingerprint density at radius 3 is 2.67 bits per heavy atom. The van der Waals surface area contributed by atoms with E-state index in [9.17, 15) is 4.79 Å². The van der Waals surface area contributed by atoms with Gasteiger partial charge in [0.25, 0.3) is 0 Å². The fourth-order valence-corrected chi connectivity index (χ4v) is 2.93. The fourth-order valence-electron chi connectivity index (χ4n) is 2.80. The number of benzene rings is 1. The molecule has 0 aliphatic carbocycles. The zero-order valence-electron chi connectivity index (χ0n) is 13.6. The van der Waals surface area contributed by atoms with Gasteiger partial charge in [0.05, 0.1) is 19.1 Å². The number of hydrogen-bond donors (Lipinski definition) is 0. The van der Waals surface area contributed by atoms with Crippen molar-refractivity contribution in [2.75, 3.05) is 19.7 Å². The Morgan fingerprint density at radius 2 is 2.00 bits per heavy atom. The number of hydrogen-bond acceptors (Lipinski definition) is 6. The Labute approximate surface area is 145 Å². The molecule has 0 spiro atoms. The van der Waals surface area contributed by atoms with E-state index >= 15 is 0 Å². The summed E-state index contributed by atoms with van der Waals surface area (Å²) in [4.78, 5) is 14.0. The molecule has 0 N–H and O–H groups in total. The molecule has 0 radical (unpaired) electrons. The summed E-state index contributed by atoms with van der Waals surface area (Å²) < 4.78 is 10.8. The molecule has 0 amide bonds. The van der Waals surface area contributed by atoms with E-state index in [2.05, 4.69) is 15.1 Å². The van der Waals surface area contributed by atoms with Crippen LogP contribution in [0.2, 0.25) is 5.02 Å². The highest BCUT2D eigenvalue weighted by atomic mass is 35.5. The smallest absolute Gasteiger partial charge is 0.309 e. The highest BCUT2D eigenvalue weighted by molar-refractivity contribution is 6.30. The molecule has 2 aromatic rings. The van der Waals surface area contributed by atoms with E-state index in [1.165, 1.54) is 0 Å². The van der Waals surface area contributed by atoms with Crippen molar-refractivity contribution in [1.82, 2.24) is 15.1 Å². The number of rotatable bonds is 5. The topological polar surface area (TPSA) is 68.5 Å². The molecule has 128 valence electrons. The number of aromatic nitrogens is 2. The highest BCUT2D eigenvalue weighted by Gasteiger charge is 2.26. The molecule has 0 saturated carbocycles. The molecule has 1 aromatic carbocycles. The SMILES string of the molecule is CCOC(=O)C1CCN(Cc2nnc(-c3ccc(Cl)cc3)o2)CC1. The van der Waals surface area contributed by atoms with E-state index in [0.29, 0.717) is 30.0 Å². The molecule has 1 aliphatic rings. The molecule has 24 heavy (non-hydrogen) atoms. The second-order valence-electron chi connectivity index (χ2n) is 5.81. The third-order valence-corrected chi connectivity index (χ3v) is 4.38. The molecule has 1 aromatic heterocycles. The first-order valence-corrected chi connectivity index (χ1v) is 8.51. The van der Waals surface area contributed by atoms with Gasteiger partial charge in [-0.3, -0.25) is 9.69 Å². The van der Waals surface area contributed by atoms with Gasteiger partial charge in [0.2, 0.25) is 11.8 Å². The van der Waals surface area contributed by atoms with Crippen LogP contribution >= 0.6 is 11.6 Å². The van der Waals surface area contributed by atoms with Crippen LogP contribution < -0.4 is 0 Å². The van der Waals surface area contributed by atoms with Gasteiger partial charge in [0.1, 0.15) is 0 Å². The third-order valence-electron chi connectivity index (χ3n) is 4.12. The van der Waals surface area contributed by atoms with Gasteiger partial charge < -0.3 is 9.15 Å². The monoisotopic (exact) mass is 349 g/mol. The molecular formula is C17H20ClN3O3. The van der Waals surface area contributed by atoms with Gasteiger partial charge in [-0.2, -0.15) is 0 Å². The number of likely N-dealkylation sites (tertiary alicyclic amines) is 1. The number of halogens is 1. The Bertz CT molecular complexity index is 679. The van der Waals surface area contributed by atoms with Crippen LogP contribution in [0.3, 0.4) is 0 Å². The lowest BCUT2D eigenvalue weighted by molar-refractivity contribution is -0.149. The minimum Gasteiger partial charge on any atom is -0.466 e. The Hall–Kier alpha value is -1.92. The van der Waals surface area contributed by atoms with E-state index in [1.54, 1.807) is 12.1 Å². The van der Waals surface area contributed by atoms with Crippen molar-refractivity contribution in [3.8, 4) is 11.5 Å². The number of carbonyl (C=O) groups is 1. The maximum atomic E-state index is 11.8. The minimum atomic E-state index is -0.0834. The summed E-state index contributed by atoms with van der Waals surface area (Å²) in [6.07, 6.45) is 1.61. The second kappa shape index (κ2) is 7.77. The molecule has 2 heterocycles. The van der Waals surface area contributed by atoms with Crippen molar-refractivity contribution < 1.29 is 13.9 Å². The molecule has 0 bridgehead atoms. The first-order valence-electron chi connectivity index (χ1n) is 8.13. The summed E-state index contributed by atoms with van der Waals surface area (Å²) in [6.45, 7) is 4.51. The fraction of sp³-hybridized carbons (Fsp3) is 0.471. The van der Waals surface area contributed by atoms with Gasteiger partial charge in [-0.1, -0.05) is 11.6 Å². The Kier molecular flexibility index (Phi) is 5.48. The van der Waals surface area contributed by atoms with Crippen LogP contribution in [0.15, 0.2) is 28.7 Å². The summed E-state index contributed by atoms with van der Waals surface area (Å²) in [5.74, 6) is 0.992. The maximum absolute atomic E-state index is 11.8. The number of nitrogens with zero attached hydrogens (tertiary/aromatic N) is 3. The van der Waals surface area contributed by atoms with Crippen molar-refractivity contribution in [1.29, 1.82) is 0 Å². The van der Waals surface area contributed by atoms with Gasteiger partial charge in [-0.15, -0.1) is 10.2 Å². The van der Waals surface area contributed by atoms with Crippen molar-refractivity contribution >= 4 is 17.6 Å². The van der Waals surface area contributed by atoms with Gasteiger partial charge in [-0.25, -0.2) is 0 Å². The molecule has 1 aliphatic heterocycles. The van der Waals surface area contributed by atoms with Crippen LogP contribution in [0, 0.1) is 5.92 Å². The number of ether oxygens (including phenoxy) is 1. The molecule has 0 unspecified atom stereocenters. The third kappa shape index (κ3) is 4.13. The van der Waals surface area contributed by atoms with Crippen molar-refractivity contribution in [3.05, 3.63) is 35.2 Å². The highest BCUT2D eigenvalue weighted by Crippen LogP contribution is 2.23. The van der Waals surface area contributed by atoms with Crippen molar-refractivity contribution in [2.24, 2.45) is 5.92 Å². The number of piperidine rings is 1. The van der Waals surface area contributed by atoms with Gasteiger partial charge >= 0.3 is 5.97 Å². The predicted octanol–water partition coefficient (Wildman–Crippen LogP) is 3.17. The molecule has 0 atom stereocenters. The number of carbonyl (C=O) groups excluding carboxylic acids is 1. The zero-order chi connectivity index (χ0) is 16.9. The van der Waals surface area contributed by atoms with Crippen LogP contribution in [0.1, 0.15) is 25.7 Å². The molecule has 6 nitrogen and oxygen atoms in total. The number of esters is 1. The second-order valence-corrected chi connectivity index (χ2v) is 6.25. The van der Waals surface area contributed by atoms with Crippen molar-refractivity contribution in [3.63, 3.8) is 0 Å². The predicted molar refractivity (Wildman–Crippen MR) is 89.4 cm³/mol. The standard InChI is InChI=1S/C17H20ClN3O3/c1-2-23-17(22)13-7-9-21(10-8-13)11-15-19-20-16(24-15)12-3-5-14(18)6-4-12/h3-6,13H,2,7-11H2,1H3. The zero-order valence-corrected chi connectivity index (χ0v) is 14.3. The first kappa shape index (κ1) is 16.9. The lowest BCUT2D eigenvalue weighted by Crippen LogP contribution is -2.36. The van der Waals surface area contributed by atoms with E-state index in [4.69, 9.17) is 20.8 Å². The van der Waals surface area contributed by atoms with Crippen LogP contribution in [0.5, 0.6) is 0 Å². The van der Waals surface area contributed by atoms with E-state index in [1.807, 2.05) is 19.1 Å². The average Bonchev–Trinajstić information content (AvgIpc) is 3.05. The van der Waals surface area contributed by atoms with Crippen molar-refractivity contribution in [2.45, 2.75) is 26.3 Å². The molecule has 1 fully saturated rings. The molecule has 7 heteroatoms. The van der Waals surface area contributed by atoms with Gasteiger partial charge in [0, 0.05) is 10.6 Å². The summed E-state index contributed by atoms with van der Waals surface area (Å²) in [5.41, 5.74) is 0.846. The molecule has 1 saturated heterocycles. The van der Waals surface area contributed by atoms with E-state index < -0.39 is 0 Å². The van der Waals surface area contributed by atoms with E-state index in [-0.39, 0.29) is 11.9 Å². The van der Waals surface area contributed by atoms with Crippen LogP contribution in [0.4, 0.5) is 0 Å². The normalized spacial score (nSPS) is 16.2. The Morgan fingerprint density at radius 1 is 1.29 bits per heavy atom. The minimum absolute atomic E-state index is 0.00788. The lowest BCUT2D eigenvalue weighted by atomic mass is 9.97. The summed E-state index contributed by atoms with van der Waals surface area (Å²) in [7, 11) is 0. The quantitative estimate of drug-likeness (QED) is 0.772. The average molecular weight is 350 g/mol. The lowest BCUT2D eigenvalue weighted by Gasteiger charge is -2.29. The Balaban J connectivity index is 1.54. The first-order chi connectivity index (χ1) is 11.7. The maximum Gasteiger partial charge on any atom is 0.309 e.